The fourth-order valence-electron chi connectivity index (χ4n) is 3.62. The van der Waals surface area contributed by atoms with Crippen molar-refractivity contribution in [3.8, 4) is 17.2 Å². The minimum Gasteiger partial charge on any atom is -0.495 e. The van der Waals surface area contributed by atoms with Crippen LogP contribution >= 0.6 is 0 Å². The summed E-state index contributed by atoms with van der Waals surface area (Å²) in [5, 5.41) is 11.5. The Labute approximate surface area is 164 Å². The second kappa shape index (κ2) is 8.79. The van der Waals surface area contributed by atoms with Crippen molar-refractivity contribution in [3.63, 3.8) is 0 Å². The third kappa shape index (κ3) is 4.12. The van der Waals surface area contributed by atoms with Crippen LogP contribution in [0.4, 0.5) is 11.4 Å². The van der Waals surface area contributed by atoms with Gasteiger partial charge in [-0.05, 0) is 18.2 Å². The molecule has 2 aromatic carbocycles. The first-order valence-electron chi connectivity index (χ1n) is 9.18. The molecule has 1 saturated heterocycles. The Balaban J connectivity index is 1.73. The molecule has 0 radical (unpaired) electrons. The lowest BCUT2D eigenvalue weighted by Crippen LogP contribution is -3.13. The van der Waals surface area contributed by atoms with Gasteiger partial charge in [-0.1, -0.05) is 12.1 Å². The van der Waals surface area contributed by atoms with Gasteiger partial charge in [0, 0.05) is 0 Å². The molecule has 2 aromatic rings. The number of benzene rings is 2. The normalized spacial score (nSPS) is 14.6. The summed E-state index contributed by atoms with van der Waals surface area (Å²) in [6, 6.07) is 11.1. The van der Waals surface area contributed by atoms with E-state index >= 15 is 0 Å². The topological polar surface area (TPSA) is 78.5 Å². The largest absolute Gasteiger partial charge is 0.495 e. The summed E-state index contributed by atoms with van der Waals surface area (Å²) in [7, 11) is 4.69. The standard InChI is InChI=1S/C20H25N3O5/c1-26-18-7-5-4-6-16(18)22-10-8-21(9-11-22)14-15-12-19(27-2)20(28-3)13-17(15)23(24)25/h4-7,12-13H,8-11,14H2,1-3H3/p+1. The summed E-state index contributed by atoms with van der Waals surface area (Å²) in [5.74, 6) is 1.74. The zero-order valence-electron chi connectivity index (χ0n) is 16.4. The first-order valence-corrected chi connectivity index (χ1v) is 9.18. The molecule has 1 aliphatic rings. The lowest BCUT2D eigenvalue weighted by Gasteiger charge is -2.34. The molecule has 0 saturated carbocycles. The number of nitro benzene ring substituents is 1. The summed E-state index contributed by atoms with van der Waals surface area (Å²) in [6.07, 6.45) is 0. The summed E-state index contributed by atoms with van der Waals surface area (Å²) < 4.78 is 16.0. The van der Waals surface area contributed by atoms with Crippen LogP contribution in [0.5, 0.6) is 17.2 Å². The molecule has 8 heteroatoms. The summed E-state index contributed by atoms with van der Waals surface area (Å²) >= 11 is 0. The van der Waals surface area contributed by atoms with Crippen LogP contribution in [-0.4, -0.2) is 52.4 Å². The molecule has 0 bridgehead atoms. The molecule has 0 unspecified atom stereocenters. The number of anilines is 1. The Hall–Kier alpha value is -3.00. The fraction of sp³-hybridized carbons (Fsp3) is 0.400. The maximum Gasteiger partial charge on any atom is 0.282 e. The Bertz CT molecular complexity index is 835. The Morgan fingerprint density at radius 3 is 2.21 bits per heavy atom. The Morgan fingerprint density at radius 1 is 1.00 bits per heavy atom. The van der Waals surface area contributed by atoms with Gasteiger partial charge in [0.15, 0.2) is 11.5 Å². The SMILES string of the molecule is COc1cc(C[NH+]2CCN(c3ccccc3OC)CC2)c([N+](=O)[O-])cc1OC. The minimum atomic E-state index is -0.359. The third-order valence-electron chi connectivity index (χ3n) is 5.12. The molecule has 1 fully saturated rings. The molecule has 0 atom stereocenters. The van der Waals surface area contributed by atoms with Crippen molar-refractivity contribution in [1.29, 1.82) is 0 Å². The maximum absolute atomic E-state index is 11.5. The second-order valence-corrected chi connectivity index (χ2v) is 6.68. The van der Waals surface area contributed by atoms with Crippen LogP contribution in [0, 0.1) is 10.1 Å². The van der Waals surface area contributed by atoms with Crippen LogP contribution in [0.25, 0.3) is 0 Å². The summed E-state index contributed by atoms with van der Waals surface area (Å²) in [4.78, 5) is 14.7. The molecular formula is C20H26N3O5+. The van der Waals surface area contributed by atoms with E-state index in [9.17, 15) is 10.1 Å². The van der Waals surface area contributed by atoms with Gasteiger partial charge in [-0.3, -0.25) is 10.1 Å². The van der Waals surface area contributed by atoms with Crippen LogP contribution in [0.15, 0.2) is 36.4 Å². The van der Waals surface area contributed by atoms with Gasteiger partial charge in [-0.25, -0.2) is 0 Å². The molecule has 8 nitrogen and oxygen atoms in total. The zero-order valence-corrected chi connectivity index (χ0v) is 16.4. The van der Waals surface area contributed by atoms with Crippen molar-refractivity contribution in [3.05, 3.63) is 52.1 Å². The number of methoxy groups -OCH3 is 3. The van der Waals surface area contributed by atoms with E-state index in [1.165, 1.54) is 25.2 Å². The highest BCUT2D eigenvalue weighted by molar-refractivity contribution is 5.58. The van der Waals surface area contributed by atoms with Crippen molar-refractivity contribution in [2.75, 3.05) is 52.4 Å². The van der Waals surface area contributed by atoms with E-state index in [1.807, 2.05) is 18.2 Å². The number of ether oxygens (including phenoxy) is 3. The van der Waals surface area contributed by atoms with Gasteiger partial charge in [0.05, 0.1) is 69.7 Å². The van der Waals surface area contributed by atoms with E-state index in [-0.39, 0.29) is 10.6 Å². The highest BCUT2D eigenvalue weighted by Gasteiger charge is 2.26. The number of nitrogens with zero attached hydrogens (tertiary/aromatic N) is 2. The lowest BCUT2D eigenvalue weighted by molar-refractivity contribution is -0.914. The zero-order chi connectivity index (χ0) is 20.1. The third-order valence-corrected chi connectivity index (χ3v) is 5.12. The number of hydrogen-bond donors (Lipinski definition) is 1. The van der Waals surface area contributed by atoms with Gasteiger partial charge in [-0.2, -0.15) is 0 Å². The van der Waals surface area contributed by atoms with Gasteiger partial charge in [0.1, 0.15) is 12.3 Å². The molecule has 1 aliphatic heterocycles. The van der Waals surface area contributed by atoms with Gasteiger partial charge in [0.25, 0.3) is 5.69 Å². The molecule has 28 heavy (non-hydrogen) atoms. The van der Waals surface area contributed by atoms with Crippen molar-refractivity contribution in [1.82, 2.24) is 0 Å². The number of hydrogen-bond acceptors (Lipinski definition) is 6. The van der Waals surface area contributed by atoms with E-state index < -0.39 is 0 Å². The molecule has 0 spiro atoms. The minimum absolute atomic E-state index is 0.0670. The summed E-state index contributed by atoms with van der Waals surface area (Å²) in [6.45, 7) is 4.04. The predicted octanol–water partition coefficient (Wildman–Crippen LogP) is 1.53. The number of para-hydroxylation sites is 2. The van der Waals surface area contributed by atoms with E-state index in [4.69, 9.17) is 14.2 Å². The average Bonchev–Trinajstić information content (AvgIpc) is 2.73. The van der Waals surface area contributed by atoms with Crippen molar-refractivity contribution < 1.29 is 24.0 Å². The van der Waals surface area contributed by atoms with Crippen LogP contribution < -0.4 is 24.0 Å². The van der Waals surface area contributed by atoms with Crippen LogP contribution in [0.2, 0.25) is 0 Å². The smallest absolute Gasteiger partial charge is 0.282 e. The van der Waals surface area contributed by atoms with E-state index in [1.54, 1.807) is 13.2 Å². The first-order chi connectivity index (χ1) is 13.6. The second-order valence-electron chi connectivity index (χ2n) is 6.68. The maximum atomic E-state index is 11.5. The highest BCUT2D eigenvalue weighted by atomic mass is 16.6. The number of quaternary nitrogens is 1. The predicted molar refractivity (Wildman–Crippen MR) is 106 cm³/mol. The van der Waals surface area contributed by atoms with Gasteiger partial charge in [-0.15, -0.1) is 0 Å². The van der Waals surface area contributed by atoms with Crippen LogP contribution in [-0.2, 0) is 6.54 Å². The van der Waals surface area contributed by atoms with Gasteiger partial charge < -0.3 is 24.0 Å². The first kappa shape index (κ1) is 19.8. The molecule has 150 valence electrons. The van der Waals surface area contributed by atoms with E-state index in [0.717, 1.165) is 37.6 Å². The Morgan fingerprint density at radius 2 is 1.61 bits per heavy atom. The number of rotatable bonds is 7. The number of nitrogens with one attached hydrogen (secondary N) is 1. The highest BCUT2D eigenvalue weighted by Crippen LogP contribution is 2.34. The van der Waals surface area contributed by atoms with Crippen molar-refractivity contribution in [2.24, 2.45) is 0 Å². The van der Waals surface area contributed by atoms with Gasteiger partial charge >= 0.3 is 0 Å². The van der Waals surface area contributed by atoms with Crippen LogP contribution in [0.3, 0.4) is 0 Å². The summed E-state index contributed by atoms with van der Waals surface area (Å²) in [5.41, 5.74) is 1.81. The quantitative estimate of drug-likeness (QED) is 0.573. The number of nitro groups is 1. The van der Waals surface area contributed by atoms with E-state index in [0.29, 0.717) is 23.6 Å². The Kier molecular flexibility index (Phi) is 6.20. The van der Waals surface area contributed by atoms with E-state index in [2.05, 4.69) is 11.0 Å². The number of piperazine rings is 1. The van der Waals surface area contributed by atoms with Crippen molar-refractivity contribution >= 4 is 11.4 Å². The molecule has 0 amide bonds. The molecule has 1 N–H and O–H groups in total. The molecule has 1 heterocycles. The van der Waals surface area contributed by atoms with Crippen molar-refractivity contribution in [2.45, 2.75) is 6.54 Å². The van der Waals surface area contributed by atoms with Gasteiger partial charge in [0.2, 0.25) is 0 Å². The molecule has 0 aliphatic carbocycles. The molecule has 0 aromatic heterocycles. The monoisotopic (exact) mass is 388 g/mol. The molecular weight excluding hydrogens is 362 g/mol. The average molecular weight is 388 g/mol. The molecule has 3 rings (SSSR count). The van der Waals surface area contributed by atoms with Crippen LogP contribution in [0.1, 0.15) is 5.56 Å². The lowest BCUT2D eigenvalue weighted by atomic mass is 10.1. The fourth-order valence-corrected chi connectivity index (χ4v) is 3.62.